The molecule has 0 aliphatic carbocycles. The van der Waals surface area contributed by atoms with Crippen molar-refractivity contribution in [2.75, 3.05) is 0 Å². The summed E-state index contributed by atoms with van der Waals surface area (Å²) in [5.41, 5.74) is 2.02. The van der Waals surface area contributed by atoms with Crippen LogP contribution in [-0.2, 0) is 9.53 Å². The minimum absolute atomic E-state index is 0.135. The Balaban J connectivity index is 2.49. The number of rotatable bonds is 1. The van der Waals surface area contributed by atoms with E-state index in [4.69, 9.17) is 4.74 Å². The van der Waals surface area contributed by atoms with E-state index >= 15 is 0 Å². The number of hydrogen-bond acceptors (Lipinski definition) is 2. The summed E-state index contributed by atoms with van der Waals surface area (Å²) in [4.78, 5) is 10.6. The zero-order chi connectivity index (χ0) is 8.55. The zero-order valence-corrected chi connectivity index (χ0v) is 7.82. The number of carbonyl (C=O) groups is 1. The number of fused-ring (bicyclic) bond motifs is 1. The Hall–Kier alpha value is -0.670. The Kier molecular flexibility index (Phi) is 1.98. The highest BCUT2D eigenvalue weighted by molar-refractivity contribution is 9.09. The van der Waals surface area contributed by atoms with Gasteiger partial charge in [0.2, 0.25) is 0 Å². The van der Waals surface area contributed by atoms with Gasteiger partial charge in [-0.1, -0.05) is 40.2 Å². The Morgan fingerprint density at radius 2 is 2.00 bits per heavy atom. The van der Waals surface area contributed by atoms with Crippen molar-refractivity contribution in [3.8, 4) is 0 Å². The van der Waals surface area contributed by atoms with Gasteiger partial charge in [-0.05, 0) is 11.1 Å². The third kappa shape index (κ3) is 1.09. The number of hydrogen-bond donors (Lipinski definition) is 0. The van der Waals surface area contributed by atoms with Gasteiger partial charge in [0.15, 0.2) is 6.29 Å². The zero-order valence-electron chi connectivity index (χ0n) is 6.24. The molecule has 1 heterocycles. The summed E-state index contributed by atoms with van der Waals surface area (Å²) >= 11 is 3.34. The molecule has 1 aromatic rings. The molecular weight excluding hydrogens is 220 g/mol. The molecule has 0 bridgehead atoms. The van der Waals surface area contributed by atoms with E-state index in [1.807, 2.05) is 24.3 Å². The first-order valence-electron chi connectivity index (χ1n) is 3.66. The molecule has 12 heavy (non-hydrogen) atoms. The lowest BCUT2D eigenvalue weighted by Crippen LogP contribution is -1.95. The van der Waals surface area contributed by atoms with Gasteiger partial charge in [-0.25, -0.2) is 0 Å². The molecule has 2 unspecified atom stereocenters. The summed E-state index contributed by atoms with van der Waals surface area (Å²) in [5.74, 6) is 0. The molecule has 0 spiro atoms. The largest absolute Gasteiger partial charge is 0.347 e. The summed E-state index contributed by atoms with van der Waals surface area (Å²) in [5, 5.41) is -0.135. The first kappa shape index (κ1) is 7.95. The summed E-state index contributed by atoms with van der Waals surface area (Å²) in [6.07, 6.45) is 0.422. The molecule has 1 aromatic carbocycles. The van der Waals surface area contributed by atoms with Crippen molar-refractivity contribution in [3.63, 3.8) is 0 Å². The molecule has 1 aliphatic heterocycles. The SMILES string of the molecule is O=CC1OC(Br)c2ccccc21. The van der Waals surface area contributed by atoms with E-state index in [1.165, 1.54) is 0 Å². The topological polar surface area (TPSA) is 26.3 Å². The van der Waals surface area contributed by atoms with E-state index in [2.05, 4.69) is 15.9 Å². The lowest BCUT2D eigenvalue weighted by atomic mass is 10.1. The number of aldehydes is 1. The molecule has 2 rings (SSSR count). The summed E-state index contributed by atoms with van der Waals surface area (Å²) < 4.78 is 5.33. The predicted octanol–water partition coefficient (Wildman–Crippen LogP) is 2.35. The highest BCUT2D eigenvalue weighted by Crippen LogP contribution is 2.40. The predicted molar refractivity (Wildman–Crippen MR) is 48.0 cm³/mol. The van der Waals surface area contributed by atoms with E-state index in [0.29, 0.717) is 0 Å². The van der Waals surface area contributed by atoms with Crippen LogP contribution in [0.2, 0.25) is 0 Å². The summed E-state index contributed by atoms with van der Waals surface area (Å²) in [6.45, 7) is 0. The molecule has 0 amide bonds. The highest BCUT2D eigenvalue weighted by atomic mass is 79.9. The molecule has 0 fully saturated rings. The van der Waals surface area contributed by atoms with Crippen molar-refractivity contribution in [2.45, 2.75) is 11.1 Å². The van der Waals surface area contributed by atoms with Crippen LogP contribution in [0.25, 0.3) is 0 Å². The van der Waals surface area contributed by atoms with Gasteiger partial charge in [0.1, 0.15) is 11.1 Å². The number of alkyl halides is 1. The fourth-order valence-corrected chi connectivity index (χ4v) is 2.01. The smallest absolute Gasteiger partial charge is 0.153 e. The minimum Gasteiger partial charge on any atom is -0.347 e. The Morgan fingerprint density at radius 3 is 2.67 bits per heavy atom. The van der Waals surface area contributed by atoms with E-state index in [0.717, 1.165) is 17.4 Å². The van der Waals surface area contributed by atoms with Crippen LogP contribution in [0.4, 0.5) is 0 Å². The Morgan fingerprint density at radius 1 is 1.33 bits per heavy atom. The van der Waals surface area contributed by atoms with Crippen LogP contribution in [0.5, 0.6) is 0 Å². The van der Waals surface area contributed by atoms with Gasteiger partial charge in [-0.3, -0.25) is 0 Å². The number of benzene rings is 1. The van der Waals surface area contributed by atoms with Crippen molar-refractivity contribution < 1.29 is 9.53 Å². The average molecular weight is 227 g/mol. The third-order valence-corrected chi connectivity index (χ3v) is 2.65. The second kappa shape index (κ2) is 2.99. The molecule has 3 heteroatoms. The highest BCUT2D eigenvalue weighted by Gasteiger charge is 2.28. The van der Waals surface area contributed by atoms with Gasteiger partial charge in [0.05, 0.1) is 0 Å². The van der Waals surface area contributed by atoms with Gasteiger partial charge in [-0.15, -0.1) is 0 Å². The van der Waals surface area contributed by atoms with Gasteiger partial charge in [-0.2, -0.15) is 0 Å². The molecule has 0 N–H and O–H groups in total. The summed E-state index contributed by atoms with van der Waals surface area (Å²) in [7, 11) is 0. The van der Waals surface area contributed by atoms with E-state index < -0.39 is 6.10 Å². The molecule has 0 saturated carbocycles. The van der Waals surface area contributed by atoms with Crippen LogP contribution in [0, 0.1) is 0 Å². The quantitative estimate of drug-likeness (QED) is 0.543. The molecule has 2 nitrogen and oxygen atoms in total. The van der Waals surface area contributed by atoms with E-state index in [1.54, 1.807) is 0 Å². The molecule has 62 valence electrons. The number of halogens is 1. The maximum atomic E-state index is 10.6. The van der Waals surface area contributed by atoms with Gasteiger partial charge in [0, 0.05) is 0 Å². The Labute approximate surface area is 78.7 Å². The van der Waals surface area contributed by atoms with Crippen molar-refractivity contribution in [2.24, 2.45) is 0 Å². The van der Waals surface area contributed by atoms with Crippen molar-refractivity contribution >= 4 is 22.2 Å². The number of ether oxygens (including phenoxy) is 1. The molecule has 2 atom stereocenters. The first-order chi connectivity index (χ1) is 5.83. The first-order valence-corrected chi connectivity index (χ1v) is 4.58. The van der Waals surface area contributed by atoms with Gasteiger partial charge >= 0.3 is 0 Å². The minimum atomic E-state index is -0.398. The molecule has 1 aliphatic rings. The van der Waals surface area contributed by atoms with Crippen molar-refractivity contribution in [1.29, 1.82) is 0 Å². The van der Waals surface area contributed by atoms with Crippen LogP contribution in [0.15, 0.2) is 24.3 Å². The molecule has 0 aromatic heterocycles. The monoisotopic (exact) mass is 226 g/mol. The maximum Gasteiger partial charge on any atom is 0.153 e. The van der Waals surface area contributed by atoms with E-state index in [9.17, 15) is 4.79 Å². The Bertz CT molecular complexity index is 311. The maximum absolute atomic E-state index is 10.6. The van der Waals surface area contributed by atoms with Crippen molar-refractivity contribution in [1.82, 2.24) is 0 Å². The molecule has 0 saturated heterocycles. The lowest BCUT2D eigenvalue weighted by Gasteiger charge is -2.00. The van der Waals surface area contributed by atoms with Crippen LogP contribution in [0.3, 0.4) is 0 Å². The van der Waals surface area contributed by atoms with Crippen LogP contribution in [0.1, 0.15) is 22.2 Å². The fourth-order valence-electron chi connectivity index (χ4n) is 1.36. The van der Waals surface area contributed by atoms with Gasteiger partial charge < -0.3 is 9.53 Å². The van der Waals surface area contributed by atoms with E-state index in [-0.39, 0.29) is 5.01 Å². The second-order valence-corrected chi connectivity index (χ2v) is 3.47. The molecule has 0 radical (unpaired) electrons. The fraction of sp³-hybridized carbons (Fsp3) is 0.222. The third-order valence-electron chi connectivity index (χ3n) is 1.94. The van der Waals surface area contributed by atoms with Crippen LogP contribution >= 0.6 is 15.9 Å². The molecular formula is C9H7BrO2. The lowest BCUT2D eigenvalue weighted by molar-refractivity contribution is -0.117. The second-order valence-electron chi connectivity index (χ2n) is 2.64. The van der Waals surface area contributed by atoms with Gasteiger partial charge in [0.25, 0.3) is 0 Å². The van der Waals surface area contributed by atoms with Crippen LogP contribution in [-0.4, -0.2) is 6.29 Å². The van der Waals surface area contributed by atoms with Crippen LogP contribution < -0.4 is 0 Å². The number of carbonyl (C=O) groups excluding carboxylic acids is 1. The average Bonchev–Trinajstić information content (AvgIpc) is 2.44. The normalized spacial score (nSPS) is 26.8. The van der Waals surface area contributed by atoms with Crippen molar-refractivity contribution in [3.05, 3.63) is 35.4 Å². The summed E-state index contributed by atoms with van der Waals surface area (Å²) in [6, 6.07) is 7.71. The standard InChI is InChI=1S/C9H7BrO2/c10-9-7-4-2-1-3-6(7)8(5-11)12-9/h1-5,8-9H.